The Hall–Kier alpha value is -1.82. The molecule has 1 amide bonds. The highest BCUT2D eigenvalue weighted by molar-refractivity contribution is 7.80. The quantitative estimate of drug-likeness (QED) is 0.789. The fourth-order valence-corrected chi connectivity index (χ4v) is 2.07. The second-order valence-corrected chi connectivity index (χ2v) is 4.66. The van der Waals surface area contributed by atoms with Gasteiger partial charge in [0.2, 0.25) is 5.91 Å². The Morgan fingerprint density at radius 3 is 2.84 bits per heavy atom. The number of nitrogens with one attached hydrogen (secondary N) is 2. The first-order chi connectivity index (χ1) is 9.19. The van der Waals surface area contributed by atoms with Gasteiger partial charge in [-0.15, -0.1) is 0 Å². The molecule has 1 heterocycles. The van der Waals surface area contributed by atoms with Gasteiger partial charge in [0.05, 0.1) is 13.7 Å². The van der Waals surface area contributed by atoms with Crippen LogP contribution in [-0.4, -0.2) is 42.7 Å². The lowest BCUT2D eigenvalue weighted by Crippen LogP contribution is -2.52. The smallest absolute Gasteiger partial charge is 0.239 e. The van der Waals surface area contributed by atoms with E-state index in [1.54, 1.807) is 7.11 Å². The topological polar surface area (TPSA) is 53.6 Å². The Bertz CT molecular complexity index is 461. The fraction of sp³-hybridized carbons (Fsp3) is 0.385. The van der Waals surface area contributed by atoms with Crippen LogP contribution >= 0.6 is 12.2 Å². The number of carbonyl (C=O) groups is 1. The van der Waals surface area contributed by atoms with E-state index < -0.39 is 0 Å². The molecule has 6 heteroatoms. The zero-order valence-electron chi connectivity index (χ0n) is 10.8. The third kappa shape index (κ3) is 3.82. The Balaban J connectivity index is 1.83. The number of thiocarbonyl (C=S) groups is 1. The second-order valence-electron chi connectivity index (χ2n) is 4.28. The molecule has 0 spiro atoms. The molecule has 5 nitrogen and oxygen atoms in total. The Labute approximate surface area is 117 Å². The molecule has 1 aromatic carbocycles. The monoisotopic (exact) mass is 279 g/mol. The summed E-state index contributed by atoms with van der Waals surface area (Å²) in [6.07, 6.45) is 0. The molecule has 1 aliphatic heterocycles. The maximum Gasteiger partial charge on any atom is 0.239 e. The van der Waals surface area contributed by atoms with Crippen molar-refractivity contribution in [1.29, 1.82) is 0 Å². The van der Waals surface area contributed by atoms with Crippen molar-refractivity contribution in [3.63, 3.8) is 0 Å². The minimum atomic E-state index is 0.0137. The van der Waals surface area contributed by atoms with Crippen LogP contribution in [0.4, 0.5) is 0 Å². The van der Waals surface area contributed by atoms with Crippen LogP contribution in [0.15, 0.2) is 24.3 Å². The molecule has 1 fully saturated rings. The van der Waals surface area contributed by atoms with Crippen LogP contribution in [0.1, 0.15) is 5.56 Å². The maximum atomic E-state index is 11.3. The van der Waals surface area contributed by atoms with Gasteiger partial charge in [-0.2, -0.15) is 0 Å². The molecule has 0 unspecified atom stereocenters. The van der Waals surface area contributed by atoms with E-state index in [9.17, 15) is 4.79 Å². The molecule has 0 bridgehead atoms. The van der Waals surface area contributed by atoms with Crippen molar-refractivity contribution < 1.29 is 9.53 Å². The second kappa shape index (κ2) is 6.38. The van der Waals surface area contributed by atoms with Crippen LogP contribution in [0.2, 0.25) is 0 Å². The molecule has 1 aromatic rings. The van der Waals surface area contributed by atoms with E-state index in [4.69, 9.17) is 17.0 Å². The first-order valence-electron chi connectivity index (χ1n) is 6.11. The van der Waals surface area contributed by atoms with Gasteiger partial charge in [-0.1, -0.05) is 12.1 Å². The van der Waals surface area contributed by atoms with E-state index >= 15 is 0 Å². The van der Waals surface area contributed by atoms with Crippen molar-refractivity contribution in [2.75, 3.05) is 26.7 Å². The average molecular weight is 279 g/mol. The highest BCUT2D eigenvalue weighted by atomic mass is 32.1. The van der Waals surface area contributed by atoms with Gasteiger partial charge in [-0.05, 0) is 29.9 Å². The van der Waals surface area contributed by atoms with Crippen LogP contribution in [0.3, 0.4) is 0 Å². The van der Waals surface area contributed by atoms with Crippen LogP contribution in [0, 0.1) is 0 Å². The minimum absolute atomic E-state index is 0.0137. The highest BCUT2D eigenvalue weighted by Crippen LogP contribution is 2.11. The number of piperazine rings is 1. The van der Waals surface area contributed by atoms with E-state index in [-0.39, 0.29) is 5.91 Å². The fourth-order valence-electron chi connectivity index (χ4n) is 1.84. The van der Waals surface area contributed by atoms with Gasteiger partial charge in [0.25, 0.3) is 0 Å². The van der Waals surface area contributed by atoms with Crippen LogP contribution < -0.4 is 15.4 Å². The predicted octanol–water partition coefficient (Wildman–Crippen LogP) is 0.501. The van der Waals surface area contributed by atoms with Crippen molar-refractivity contribution in [3.05, 3.63) is 29.8 Å². The number of methoxy groups -OCH3 is 1. The zero-order chi connectivity index (χ0) is 13.7. The van der Waals surface area contributed by atoms with Gasteiger partial charge in [-0.3, -0.25) is 4.79 Å². The maximum absolute atomic E-state index is 11.3. The highest BCUT2D eigenvalue weighted by Gasteiger charge is 2.17. The molecule has 0 radical (unpaired) electrons. The summed E-state index contributed by atoms with van der Waals surface area (Å²) in [5.74, 6) is 0.846. The Kier molecular flexibility index (Phi) is 4.57. The molecule has 102 valence electrons. The molecule has 1 saturated heterocycles. The van der Waals surface area contributed by atoms with Crippen LogP contribution in [0.25, 0.3) is 0 Å². The van der Waals surface area contributed by atoms with Crippen LogP contribution in [0.5, 0.6) is 5.75 Å². The lowest BCUT2D eigenvalue weighted by Gasteiger charge is -2.29. The van der Waals surface area contributed by atoms with Gasteiger partial charge >= 0.3 is 0 Å². The summed E-state index contributed by atoms with van der Waals surface area (Å²) < 4.78 is 5.10. The molecular formula is C13H17N3O2S. The Morgan fingerprint density at radius 1 is 1.47 bits per heavy atom. The zero-order valence-corrected chi connectivity index (χ0v) is 11.6. The first kappa shape index (κ1) is 13.6. The number of rotatable bonds is 3. The third-order valence-electron chi connectivity index (χ3n) is 2.93. The molecule has 0 aromatic heterocycles. The van der Waals surface area contributed by atoms with Gasteiger partial charge < -0.3 is 20.3 Å². The van der Waals surface area contributed by atoms with Gasteiger partial charge in [-0.25, -0.2) is 0 Å². The number of benzene rings is 1. The summed E-state index contributed by atoms with van der Waals surface area (Å²) in [6, 6.07) is 7.79. The molecule has 19 heavy (non-hydrogen) atoms. The van der Waals surface area contributed by atoms with Crippen molar-refractivity contribution in [1.82, 2.24) is 15.5 Å². The largest absolute Gasteiger partial charge is 0.497 e. The van der Waals surface area contributed by atoms with Crippen LogP contribution in [-0.2, 0) is 11.3 Å². The molecule has 2 rings (SSSR count). The molecule has 0 aliphatic carbocycles. The SMILES string of the molecule is COc1ccc(CNC(=S)N2CCNC(=O)C2)cc1. The van der Waals surface area contributed by atoms with Crippen molar-refractivity contribution in [3.8, 4) is 5.75 Å². The lowest BCUT2D eigenvalue weighted by molar-refractivity contribution is -0.122. The van der Waals surface area contributed by atoms with Gasteiger partial charge in [0, 0.05) is 19.6 Å². The molecular weight excluding hydrogens is 262 g/mol. The lowest BCUT2D eigenvalue weighted by atomic mass is 10.2. The van der Waals surface area contributed by atoms with E-state index in [0.717, 1.165) is 17.9 Å². The van der Waals surface area contributed by atoms with Gasteiger partial charge in [0.1, 0.15) is 5.75 Å². The number of hydrogen-bond donors (Lipinski definition) is 2. The molecule has 0 atom stereocenters. The summed E-state index contributed by atoms with van der Waals surface area (Å²) in [6.45, 7) is 2.36. The summed E-state index contributed by atoms with van der Waals surface area (Å²) >= 11 is 5.28. The predicted molar refractivity (Wildman–Crippen MR) is 77.0 cm³/mol. The third-order valence-corrected chi connectivity index (χ3v) is 3.33. The average Bonchev–Trinajstić information content (AvgIpc) is 2.45. The van der Waals surface area contributed by atoms with E-state index in [1.807, 2.05) is 29.2 Å². The summed E-state index contributed by atoms with van der Waals surface area (Å²) in [5, 5.41) is 6.55. The minimum Gasteiger partial charge on any atom is -0.497 e. The van der Waals surface area contributed by atoms with E-state index in [2.05, 4.69) is 10.6 Å². The normalized spacial score (nSPS) is 14.8. The van der Waals surface area contributed by atoms with Crippen molar-refractivity contribution in [2.45, 2.75) is 6.54 Å². The standard InChI is InChI=1S/C13H17N3O2S/c1-18-11-4-2-10(3-5-11)8-15-13(19)16-7-6-14-12(17)9-16/h2-5H,6-9H2,1H3,(H,14,17)(H,15,19). The van der Waals surface area contributed by atoms with Crippen molar-refractivity contribution in [2.24, 2.45) is 0 Å². The summed E-state index contributed by atoms with van der Waals surface area (Å²) in [7, 11) is 1.64. The summed E-state index contributed by atoms with van der Waals surface area (Å²) in [4.78, 5) is 13.1. The summed E-state index contributed by atoms with van der Waals surface area (Å²) in [5.41, 5.74) is 1.12. The van der Waals surface area contributed by atoms with E-state index in [0.29, 0.717) is 24.7 Å². The number of ether oxygens (including phenoxy) is 1. The Morgan fingerprint density at radius 2 is 2.21 bits per heavy atom. The molecule has 2 N–H and O–H groups in total. The van der Waals surface area contributed by atoms with Crippen molar-refractivity contribution >= 4 is 23.2 Å². The molecule has 0 saturated carbocycles. The molecule has 1 aliphatic rings. The first-order valence-corrected chi connectivity index (χ1v) is 6.52. The van der Waals surface area contributed by atoms with Gasteiger partial charge in [0.15, 0.2) is 5.11 Å². The number of amides is 1. The number of nitrogens with zero attached hydrogens (tertiary/aromatic N) is 1. The number of carbonyl (C=O) groups excluding carboxylic acids is 1. The van der Waals surface area contributed by atoms with E-state index in [1.165, 1.54) is 0 Å². The number of hydrogen-bond acceptors (Lipinski definition) is 3.